The van der Waals surface area contributed by atoms with Gasteiger partial charge in [0.15, 0.2) is 0 Å². The van der Waals surface area contributed by atoms with Crippen molar-refractivity contribution in [1.29, 1.82) is 0 Å². The highest BCUT2D eigenvalue weighted by atomic mass is 79.9. The van der Waals surface area contributed by atoms with Gasteiger partial charge in [-0.1, -0.05) is 31.9 Å². The fraction of sp³-hybridized carbons (Fsp3) is 0.500. The van der Waals surface area contributed by atoms with E-state index in [1.54, 1.807) is 6.92 Å². The van der Waals surface area contributed by atoms with Crippen LogP contribution in [-0.4, -0.2) is 13.4 Å². The van der Waals surface area contributed by atoms with Crippen molar-refractivity contribution in [3.05, 3.63) is 10.4 Å². The number of allylic oxidation sites excluding steroid dienone is 1. The van der Waals surface area contributed by atoms with Gasteiger partial charge in [-0.05, 0) is 22.9 Å². The van der Waals surface area contributed by atoms with E-state index in [1.165, 1.54) is 0 Å². The summed E-state index contributed by atoms with van der Waals surface area (Å²) >= 11 is 9.22. The molecule has 0 aromatic carbocycles. The number of aliphatic hydroxyl groups excluding tert-OH is 1. The maximum absolute atomic E-state index is 8.48. The number of aliphatic hydroxyl groups is 2. The first-order chi connectivity index (χ1) is 3.85. The lowest BCUT2D eigenvalue weighted by Crippen LogP contribution is -2.06. The van der Waals surface area contributed by atoms with Crippen LogP contribution in [0.25, 0.3) is 0 Å². The van der Waals surface area contributed by atoms with Crippen molar-refractivity contribution < 1.29 is 10.2 Å². The first-order valence-corrected chi connectivity index (χ1v) is 4.39. The number of alkyl halides is 2. The Morgan fingerprint density at radius 1 is 1.33 bits per heavy atom. The predicted molar refractivity (Wildman–Crippen MR) is 47.5 cm³/mol. The van der Waals surface area contributed by atoms with E-state index in [4.69, 9.17) is 10.2 Å². The topological polar surface area (TPSA) is 40.5 Å². The van der Waals surface area contributed by atoms with Gasteiger partial charge in [0.25, 0.3) is 5.95 Å². The van der Waals surface area contributed by atoms with Gasteiger partial charge in [0.1, 0.15) is 7.72 Å². The van der Waals surface area contributed by atoms with Crippen LogP contribution in [0.2, 0.25) is 0 Å². The van der Waals surface area contributed by atoms with Crippen LogP contribution in [0.15, 0.2) is 10.4 Å². The van der Waals surface area contributed by atoms with Crippen molar-refractivity contribution in [2.75, 3.05) is 0 Å². The monoisotopic (exact) mass is 322 g/mol. The largest absolute Gasteiger partial charge is 0.480 e. The van der Waals surface area contributed by atoms with Crippen molar-refractivity contribution >= 4 is 47.8 Å². The summed E-state index contributed by atoms with van der Waals surface area (Å²) in [5.41, 5.74) is 0. The number of halogens is 3. The SMILES string of the molecule is CC(Br)(Br)C(Br)=C(O)O. The van der Waals surface area contributed by atoms with E-state index in [-0.39, 0.29) is 4.48 Å². The molecular formula is C4H5Br3O2. The molecule has 9 heavy (non-hydrogen) atoms. The minimum absolute atomic E-state index is 0.259. The maximum atomic E-state index is 8.48. The van der Waals surface area contributed by atoms with E-state index in [1.807, 2.05) is 0 Å². The normalized spacial score (nSPS) is 11.1. The van der Waals surface area contributed by atoms with Crippen LogP contribution < -0.4 is 0 Å². The molecule has 5 heteroatoms. The molecule has 0 aliphatic heterocycles. The van der Waals surface area contributed by atoms with Crippen molar-refractivity contribution in [2.45, 2.75) is 10.2 Å². The fourth-order valence-electron chi connectivity index (χ4n) is 0.196. The first-order valence-electron chi connectivity index (χ1n) is 2.01. The molecule has 0 fully saturated rings. The summed E-state index contributed by atoms with van der Waals surface area (Å²) in [5, 5.41) is 17.0. The Morgan fingerprint density at radius 2 is 1.67 bits per heavy atom. The molecule has 0 unspecified atom stereocenters. The molecule has 0 aliphatic rings. The van der Waals surface area contributed by atoms with Crippen LogP contribution in [0, 0.1) is 0 Å². The molecule has 0 rings (SSSR count). The van der Waals surface area contributed by atoms with E-state index in [0.717, 1.165) is 0 Å². The van der Waals surface area contributed by atoms with E-state index in [2.05, 4.69) is 47.8 Å². The number of hydrogen-bond acceptors (Lipinski definition) is 2. The highest BCUT2D eigenvalue weighted by molar-refractivity contribution is 9.26. The summed E-state index contributed by atoms with van der Waals surface area (Å²) in [6.45, 7) is 1.71. The summed E-state index contributed by atoms with van der Waals surface area (Å²) in [4.78, 5) is 0. The maximum Gasteiger partial charge on any atom is 0.287 e. The van der Waals surface area contributed by atoms with Gasteiger partial charge >= 0.3 is 0 Å². The lowest BCUT2D eigenvalue weighted by Gasteiger charge is -2.11. The third kappa shape index (κ3) is 3.47. The van der Waals surface area contributed by atoms with Crippen LogP contribution in [0.3, 0.4) is 0 Å². The molecule has 2 N–H and O–H groups in total. The molecule has 0 saturated heterocycles. The van der Waals surface area contributed by atoms with Crippen molar-refractivity contribution in [1.82, 2.24) is 0 Å². The second kappa shape index (κ2) is 3.25. The van der Waals surface area contributed by atoms with Crippen molar-refractivity contribution in [2.24, 2.45) is 0 Å². The minimum Gasteiger partial charge on any atom is -0.480 e. The van der Waals surface area contributed by atoms with Crippen molar-refractivity contribution in [3.63, 3.8) is 0 Å². The molecule has 0 amide bonds. The Hall–Kier alpha value is 0.780. The third-order valence-corrected chi connectivity index (χ3v) is 3.59. The van der Waals surface area contributed by atoms with E-state index in [9.17, 15) is 0 Å². The summed E-state index contributed by atoms with van der Waals surface area (Å²) in [6.07, 6.45) is 0. The molecule has 0 aromatic rings. The Bertz CT molecular complexity index is 131. The molecule has 2 nitrogen and oxygen atoms in total. The molecule has 0 radical (unpaired) electrons. The molecule has 0 spiro atoms. The number of hydrogen-bond donors (Lipinski definition) is 2. The molecule has 0 aliphatic carbocycles. The average molecular weight is 325 g/mol. The zero-order valence-corrected chi connectivity index (χ0v) is 9.29. The standard InChI is InChI=1S/C4H5Br3O2/c1-4(6,7)2(5)3(8)9/h8-9H,1H3. The van der Waals surface area contributed by atoms with Crippen molar-refractivity contribution in [3.8, 4) is 0 Å². The van der Waals surface area contributed by atoms with Gasteiger partial charge in [0, 0.05) is 0 Å². The van der Waals surface area contributed by atoms with Crippen LogP contribution in [0.1, 0.15) is 6.92 Å². The van der Waals surface area contributed by atoms with Gasteiger partial charge in [-0.25, -0.2) is 0 Å². The smallest absolute Gasteiger partial charge is 0.287 e. The molecule has 0 atom stereocenters. The molecule has 0 heterocycles. The molecule has 0 aromatic heterocycles. The van der Waals surface area contributed by atoms with Crippen LogP contribution >= 0.6 is 47.8 Å². The average Bonchev–Trinajstić information content (AvgIpc) is 1.62. The third-order valence-electron chi connectivity index (χ3n) is 0.582. The highest BCUT2D eigenvalue weighted by Gasteiger charge is 2.23. The Balaban J connectivity index is 4.40. The lowest BCUT2D eigenvalue weighted by molar-refractivity contribution is 0.188. The van der Waals surface area contributed by atoms with Gasteiger partial charge < -0.3 is 10.2 Å². The summed E-state index contributed by atoms with van der Waals surface area (Å²) in [5.74, 6) is -0.730. The summed E-state index contributed by atoms with van der Waals surface area (Å²) in [7, 11) is 0. The summed E-state index contributed by atoms with van der Waals surface area (Å²) < 4.78 is -0.339. The van der Waals surface area contributed by atoms with E-state index >= 15 is 0 Å². The summed E-state index contributed by atoms with van der Waals surface area (Å²) in [6, 6.07) is 0. The second-order valence-corrected chi connectivity index (χ2v) is 6.56. The van der Waals surface area contributed by atoms with Gasteiger partial charge in [-0.15, -0.1) is 0 Å². The second-order valence-electron chi connectivity index (χ2n) is 1.53. The molecule has 0 saturated carbocycles. The van der Waals surface area contributed by atoms with Gasteiger partial charge in [0.2, 0.25) is 0 Å². The Kier molecular flexibility index (Phi) is 3.54. The Morgan fingerprint density at radius 3 is 1.67 bits per heavy atom. The van der Waals surface area contributed by atoms with E-state index < -0.39 is 9.18 Å². The van der Waals surface area contributed by atoms with Crippen LogP contribution in [-0.2, 0) is 0 Å². The first kappa shape index (κ1) is 9.78. The molecular weight excluding hydrogens is 320 g/mol. The molecule has 0 bridgehead atoms. The van der Waals surface area contributed by atoms with Gasteiger partial charge in [-0.2, -0.15) is 0 Å². The number of rotatable bonds is 1. The van der Waals surface area contributed by atoms with E-state index in [0.29, 0.717) is 0 Å². The van der Waals surface area contributed by atoms with Gasteiger partial charge in [0.05, 0.1) is 0 Å². The fourth-order valence-corrected chi connectivity index (χ4v) is 0.551. The van der Waals surface area contributed by atoms with Gasteiger partial charge in [-0.3, -0.25) is 0 Å². The minimum atomic E-state index is -0.730. The zero-order valence-electron chi connectivity index (χ0n) is 4.53. The van der Waals surface area contributed by atoms with Crippen LogP contribution in [0.5, 0.6) is 0 Å². The Labute approximate surface area is 78.3 Å². The quantitative estimate of drug-likeness (QED) is 0.574. The molecule has 54 valence electrons. The lowest BCUT2D eigenvalue weighted by atomic mass is 10.5. The predicted octanol–water partition coefficient (Wildman–Crippen LogP) is 3.17. The zero-order chi connectivity index (χ0) is 7.65. The highest BCUT2D eigenvalue weighted by Crippen LogP contribution is 2.38. The van der Waals surface area contributed by atoms with Crippen LogP contribution in [0.4, 0.5) is 0 Å².